The van der Waals surface area contributed by atoms with Gasteiger partial charge in [-0.15, -0.1) is 0 Å². The van der Waals surface area contributed by atoms with Gasteiger partial charge >= 0.3 is 0 Å². The Kier molecular flexibility index (Phi) is 1.42. The lowest BCUT2D eigenvalue weighted by Gasteiger charge is -2.01. The van der Waals surface area contributed by atoms with Crippen LogP contribution in [0.1, 0.15) is 20.8 Å². The first-order valence-electron chi connectivity index (χ1n) is 4.50. The number of hydrogen-bond acceptors (Lipinski definition) is 3. The molecule has 2 aromatic heterocycles. The van der Waals surface area contributed by atoms with Gasteiger partial charge in [0.1, 0.15) is 0 Å². The van der Waals surface area contributed by atoms with Gasteiger partial charge in [-0.25, -0.2) is 0 Å². The molecule has 1 aliphatic carbocycles. The van der Waals surface area contributed by atoms with E-state index in [1.165, 1.54) is 12.2 Å². The second-order valence-electron chi connectivity index (χ2n) is 3.36. The minimum atomic E-state index is -0.166. The van der Waals surface area contributed by atoms with E-state index in [1.807, 2.05) is 0 Å². The number of carbonyl (C=O) groups is 2. The highest BCUT2D eigenvalue weighted by atomic mass is 16.1. The van der Waals surface area contributed by atoms with Gasteiger partial charge in [0.05, 0.1) is 11.3 Å². The van der Waals surface area contributed by atoms with E-state index >= 15 is 0 Å². The average Bonchev–Trinajstić information content (AvgIpc) is 2.64. The van der Waals surface area contributed by atoms with Crippen LogP contribution in [0.5, 0.6) is 0 Å². The average molecular weight is 198 g/mol. The maximum Gasteiger partial charge on any atom is 0.202 e. The van der Waals surface area contributed by atoms with Crippen molar-refractivity contribution >= 4 is 22.5 Å². The molecule has 0 saturated carbocycles. The molecule has 0 aliphatic heterocycles. The van der Waals surface area contributed by atoms with Gasteiger partial charge in [0.25, 0.3) is 0 Å². The standard InChI is InChI=1S/C11H6N2O2/c14-8-1-2-9(15)11-10(8)6-5-12-4-3-7(6)13-11/h1-5,13H. The van der Waals surface area contributed by atoms with Crippen molar-refractivity contribution in [2.45, 2.75) is 0 Å². The van der Waals surface area contributed by atoms with Crippen molar-refractivity contribution in [2.24, 2.45) is 0 Å². The molecule has 4 heteroatoms. The lowest BCUT2D eigenvalue weighted by Crippen LogP contribution is -2.09. The summed E-state index contributed by atoms with van der Waals surface area (Å²) in [6, 6.07) is 1.74. The number of aromatic nitrogens is 2. The van der Waals surface area contributed by atoms with Crippen LogP contribution in [-0.4, -0.2) is 21.5 Å². The van der Waals surface area contributed by atoms with Crippen molar-refractivity contribution in [3.8, 4) is 0 Å². The largest absolute Gasteiger partial charge is 0.351 e. The highest BCUT2D eigenvalue weighted by Crippen LogP contribution is 2.25. The molecule has 2 aromatic rings. The summed E-state index contributed by atoms with van der Waals surface area (Å²) in [5.41, 5.74) is 1.57. The third-order valence-corrected chi connectivity index (χ3v) is 2.48. The van der Waals surface area contributed by atoms with Crippen LogP contribution >= 0.6 is 0 Å². The van der Waals surface area contributed by atoms with E-state index in [4.69, 9.17) is 0 Å². The summed E-state index contributed by atoms with van der Waals surface area (Å²) in [7, 11) is 0. The fraction of sp³-hybridized carbons (Fsp3) is 0. The summed E-state index contributed by atoms with van der Waals surface area (Å²) in [4.78, 5) is 30.0. The van der Waals surface area contributed by atoms with E-state index in [2.05, 4.69) is 9.97 Å². The molecule has 0 spiro atoms. The quantitative estimate of drug-likeness (QED) is 0.697. The Morgan fingerprint density at radius 1 is 1.13 bits per heavy atom. The molecule has 0 fully saturated rings. The topological polar surface area (TPSA) is 62.8 Å². The van der Waals surface area contributed by atoms with Gasteiger partial charge in [0.15, 0.2) is 5.78 Å². The highest BCUT2D eigenvalue weighted by Gasteiger charge is 2.23. The van der Waals surface area contributed by atoms with E-state index in [0.717, 1.165) is 5.52 Å². The van der Waals surface area contributed by atoms with E-state index in [-0.39, 0.29) is 11.6 Å². The van der Waals surface area contributed by atoms with Crippen LogP contribution in [-0.2, 0) is 0 Å². The molecule has 2 heterocycles. The fourth-order valence-electron chi connectivity index (χ4n) is 1.79. The first kappa shape index (κ1) is 8.11. The van der Waals surface area contributed by atoms with Gasteiger partial charge < -0.3 is 4.98 Å². The summed E-state index contributed by atoms with van der Waals surface area (Å²) >= 11 is 0. The van der Waals surface area contributed by atoms with Gasteiger partial charge in [-0.3, -0.25) is 14.6 Å². The van der Waals surface area contributed by atoms with Crippen molar-refractivity contribution in [3.63, 3.8) is 0 Å². The monoisotopic (exact) mass is 198 g/mol. The molecule has 1 aliphatic rings. The second-order valence-corrected chi connectivity index (χ2v) is 3.36. The number of hydrogen-bond donors (Lipinski definition) is 1. The van der Waals surface area contributed by atoms with Crippen LogP contribution in [0.4, 0.5) is 0 Å². The Balaban J connectivity index is 2.47. The summed E-state index contributed by atoms with van der Waals surface area (Å²) < 4.78 is 0. The Morgan fingerprint density at radius 3 is 2.80 bits per heavy atom. The number of ketones is 2. The maximum absolute atomic E-state index is 11.6. The Morgan fingerprint density at radius 2 is 1.93 bits per heavy atom. The van der Waals surface area contributed by atoms with Gasteiger partial charge in [-0.1, -0.05) is 0 Å². The number of nitrogens with zero attached hydrogens (tertiary/aromatic N) is 1. The predicted molar refractivity (Wildman–Crippen MR) is 53.9 cm³/mol. The van der Waals surface area contributed by atoms with Crippen molar-refractivity contribution in [2.75, 3.05) is 0 Å². The maximum atomic E-state index is 11.6. The van der Waals surface area contributed by atoms with E-state index in [9.17, 15) is 9.59 Å². The zero-order chi connectivity index (χ0) is 10.4. The number of carbonyl (C=O) groups excluding carboxylic acids is 2. The lowest BCUT2D eigenvalue weighted by molar-refractivity contribution is 0.0993. The molecule has 0 unspecified atom stereocenters. The van der Waals surface area contributed by atoms with Gasteiger partial charge in [-0.2, -0.15) is 0 Å². The van der Waals surface area contributed by atoms with E-state index in [1.54, 1.807) is 18.5 Å². The number of nitrogens with one attached hydrogen (secondary N) is 1. The lowest BCUT2D eigenvalue weighted by atomic mass is 10.00. The number of pyridine rings is 1. The van der Waals surface area contributed by atoms with Crippen molar-refractivity contribution < 1.29 is 9.59 Å². The smallest absolute Gasteiger partial charge is 0.202 e. The molecule has 0 amide bonds. The molecular weight excluding hydrogens is 192 g/mol. The first-order valence-corrected chi connectivity index (χ1v) is 4.50. The molecule has 4 nitrogen and oxygen atoms in total. The Bertz CT molecular complexity index is 623. The van der Waals surface area contributed by atoms with E-state index in [0.29, 0.717) is 16.6 Å². The molecule has 0 aromatic carbocycles. The van der Waals surface area contributed by atoms with Crippen LogP contribution in [0.25, 0.3) is 10.9 Å². The molecule has 0 radical (unpaired) electrons. The number of H-pyrrole nitrogens is 1. The molecular formula is C11H6N2O2. The highest BCUT2D eigenvalue weighted by molar-refractivity contribution is 6.26. The Hall–Kier alpha value is -2.23. The minimum absolute atomic E-state index is 0.149. The van der Waals surface area contributed by atoms with Gasteiger partial charge in [-0.05, 0) is 18.2 Å². The van der Waals surface area contributed by atoms with Crippen molar-refractivity contribution in [1.29, 1.82) is 0 Å². The van der Waals surface area contributed by atoms with Crippen LogP contribution < -0.4 is 0 Å². The number of allylic oxidation sites excluding steroid dienone is 2. The van der Waals surface area contributed by atoms with Gasteiger partial charge in [0.2, 0.25) is 5.78 Å². The summed E-state index contributed by atoms with van der Waals surface area (Å²) in [6.45, 7) is 0. The van der Waals surface area contributed by atoms with E-state index < -0.39 is 0 Å². The fourth-order valence-corrected chi connectivity index (χ4v) is 1.79. The molecule has 15 heavy (non-hydrogen) atoms. The third-order valence-electron chi connectivity index (χ3n) is 2.48. The number of aromatic amines is 1. The molecule has 0 bridgehead atoms. The molecule has 72 valence electrons. The second kappa shape index (κ2) is 2.63. The molecule has 0 saturated heterocycles. The molecule has 3 rings (SSSR count). The summed E-state index contributed by atoms with van der Waals surface area (Å²) in [5.74, 6) is -0.315. The van der Waals surface area contributed by atoms with Crippen LogP contribution in [0.15, 0.2) is 30.6 Å². The van der Waals surface area contributed by atoms with Gasteiger partial charge in [0, 0.05) is 23.3 Å². The predicted octanol–water partition coefficient (Wildman–Crippen LogP) is 1.50. The molecule has 0 atom stereocenters. The molecule has 1 N–H and O–H groups in total. The van der Waals surface area contributed by atoms with Crippen LogP contribution in [0.3, 0.4) is 0 Å². The first-order chi connectivity index (χ1) is 7.27. The number of fused-ring (bicyclic) bond motifs is 3. The van der Waals surface area contributed by atoms with Crippen molar-refractivity contribution in [1.82, 2.24) is 9.97 Å². The van der Waals surface area contributed by atoms with Crippen molar-refractivity contribution in [3.05, 3.63) is 41.9 Å². The number of rotatable bonds is 0. The normalized spacial score (nSPS) is 14.7. The van der Waals surface area contributed by atoms with Crippen LogP contribution in [0.2, 0.25) is 0 Å². The SMILES string of the molecule is O=C1C=CC(=O)c2c1[nH]c1ccncc21. The summed E-state index contributed by atoms with van der Waals surface area (Å²) in [6.07, 6.45) is 5.79. The third kappa shape index (κ3) is 0.985. The zero-order valence-corrected chi connectivity index (χ0v) is 7.65. The minimum Gasteiger partial charge on any atom is -0.351 e. The summed E-state index contributed by atoms with van der Waals surface area (Å²) in [5, 5.41) is 0.704. The zero-order valence-electron chi connectivity index (χ0n) is 7.65. The van der Waals surface area contributed by atoms with Crippen LogP contribution in [0, 0.1) is 0 Å². The Labute approximate surface area is 84.6 Å².